The van der Waals surface area contributed by atoms with Crippen LogP contribution in [0.5, 0.6) is 0 Å². The van der Waals surface area contributed by atoms with Gasteiger partial charge in [-0.15, -0.1) is 0 Å². The third-order valence-electron chi connectivity index (χ3n) is 0.508. The molecule has 7 heavy (non-hydrogen) atoms. The maximum Gasteiger partial charge on any atom is 0.309 e. The molecule has 0 unspecified atom stereocenters. The Kier molecular flexibility index (Phi) is 4.94. The van der Waals surface area contributed by atoms with E-state index >= 15 is 0 Å². The molecule has 0 aliphatic heterocycles. The van der Waals surface area contributed by atoms with Crippen molar-refractivity contribution < 1.29 is 9.18 Å². The van der Waals surface area contributed by atoms with E-state index in [9.17, 15) is 9.18 Å². The second-order valence-electron chi connectivity index (χ2n) is 1.07. The summed E-state index contributed by atoms with van der Waals surface area (Å²) >= 11 is 0. The number of carbonyl (C=O) groups excluding carboxylic acids is 1. The van der Waals surface area contributed by atoms with Crippen molar-refractivity contribution in [3.63, 3.8) is 0 Å². The van der Waals surface area contributed by atoms with Gasteiger partial charge in [0.2, 0.25) is 0 Å². The monoisotopic (exact) mass is 104 g/mol. The highest BCUT2D eigenvalue weighted by Gasteiger charge is 1.80. The summed E-state index contributed by atoms with van der Waals surface area (Å²) < 4.78 is 11.1. The molecule has 41 valence electrons. The fourth-order valence-corrected chi connectivity index (χ4v) is 0.206. The molecule has 1 N–H and O–H groups in total. The first kappa shape index (κ1) is 6.40. The highest BCUT2D eigenvalue weighted by Crippen LogP contribution is 1.73. The van der Waals surface area contributed by atoms with E-state index in [1.165, 1.54) is 6.41 Å². The van der Waals surface area contributed by atoms with E-state index in [1.807, 2.05) is 0 Å². The zero-order valence-corrected chi connectivity index (χ0v) is 3.91. The van der Waals surface area contributed by atoms with Gasteiger partial charge < -0.3 is 5.32 Å². The molecule has 0 atom stereocenters. The van der Waals surface area contributed by atoms with Crippen LogP contribution in [0.25, 0.3) is 0 Å². The lowest BCUT2D eigenvalue weighted by atomic mass is 10.5. The number of nitrogens with one attached hydrogen (secondary N) is 1. The molecule has 3 heteroatoms. The third kappa shape index (κ3) is 5.40. The molecule has 0 saturated carbocycles. The molecule has 0 aliphatic carbocycles. The Labute approximate surface area is 41.7 Å². The van der Waals surface area contributed by atoms with Gasteiger partial charge in [0.05, 0.1) is 6.67 Å². The molecule has 0 rings (SSSR count). The topological polar surface area (TPSA) is 29.1 Å². The van der Waals surface area contributed by atoms with E-state index in [2.05, 4.69) is 5.32 Å². The Balaban J connectivity index is 2.56. The normalized spacial score (nSPS) is 8.14. The summed E-state index contributed by atoms with van der Waals surface area (Å²) in [5, 5.41) is 2.20. The van der Waals surface area contributed by atoms with E-state index in [1.54, 1.807) is 0 Å². The molecule has 1 radical (unpaired) electrons. The molecule has 0 aromatic rings. The summed E-state index contributed by atoms with van der Waals surface area (Å²) in [6.07, 6.45) is 1.82. The number of hydrogen-bond donors (Lipinski definition) is 1. The van der Waals surface area contributed by atoms with Gasteiger partial charge in [0.1, 0.15) is 0 Å². The smallest absolute Gasteiger partial charge is 0.309 e. The van der Waals surface area contributed by atoms with Crippen LogP contribution < -0.4 is 5.32 Å². The molecule has 0 saturated heterocycles. The molecule has 0 heterocycles. The average molecular weight is 104 g/mol. The molecular formula is C4H7FNO. The Bertz CT molecular complexity index is 49.0. The van der Waals surface area contributed by atoms with Crippen LogP contribution in [0.15, 0.2) is 0 Å². The average Bonchev–Trinajstić information content (AvgIpc) is 1.69. The molecule has 0 spiro atoms. The molecule has 2 nitrogen and oxygen atoms in total. The van der Waals surface area contributed by atoms with Crippen LogP contribution in [0.3, 0.4) is 0 Å². The van der Waals surface area contributed by atoms with Crippen molar-refractivity contribution in [3.05, 3.63) is 0 Å². The molecular weight excluding hydrogens is 97.0 g/mol. The van der Waals surface area contributed by atoms with E-state index in [0.29, 0.717) is 13.0 Å². The van der Waals surface area contributed by atoms with Crippen LogP contribution in [0.2, 0.25) is 0 Å². The van der Waals surface area contributed by atoms with Crippen LogP contribution in [-0.2, 0) is 4.79 Å². The number of hydrogen-bond acceptors (Lipinski definition) is 1. The Hall–Kier alpha value is -0.600. The predicted octanol–water partition coefficient (Wildman–Crippen LogP) is 0.00280. The summed E-state index contributed by atoms with van der Waals surface area (Å²) in [5.41, 5.74) is 0. The summed E-state index contributed by atoms with van der Waals surface area (Å²) in [6.45, 7) is 0.00861. The third-order valence-corrected chi connectivity index (χ3v) is 0.508. The van der Waals surface area contributed by atoms with Crippen molar-refractivity contribution >= 4 is 6.41 Å². The van der Waals surface area contributed by atoms with Crippen LogP contribution in [0, 0.1) is 0 Å². The maximum absolute atomic E-state index is 11.1. The number of rotatable bonds is 4. The van der Waals surface area contributed by atoms with Gasteiger partial charge in [0.15, 0.2) is 0 Å². The Morgan fingerprint density at radius 2 is 2.43 bits per heavy atom. The largest absolute Gasteiger partial charge is 0.348 e. The first-order valence-corrected chi connectivity index (χ1v) is 2.07. The van der Waals surface area contributed by atoms with Crippen molar-refractivity contribution in [1.29, 1.82) is 0 Å². The number of halogens is 1. The molecule has 0 aliphatic rings. The van der Waals surface area contributed by atoms with Crippen LogP contribution >= 0.6 is 0 Å². The van der Waals surface area contributed by atoms with Gasteiger partial charge >= 0.3 is 6.41 Å². The molecule has 0 aromatic heterocycles. The summed E-state index contributed by atoms with van der Waals surface area (Å²) in [4.78, 5) is 9.32. The van der Waals surface area contributed by atoms with Crippen LogP contribution in [-0.4, -0.2) is 19.6 Å². The van der Waals surface area contributed by atoms with E-state index in [4.69, 9.17) is 0 Å². The summed E-state index contributed by atoms with van der Waals surface area (Å²) in [7, 11) is 0. The lowest BCUT2D eigenvalue weighted by Crippen LogP contribution is -2.12. The minimum atomic E-state index is -0.380. The highest BCUT2D eigenvalue weighted by atomic mass is 19.1. The van der Waals surface area contributed by atoms with E-state index in [0.717, 1.165) is 0 Å². The van der Waals surface area contributed by atoms with Crippen molar-refractivity contribution in [3.8, 4) is 0 Å². The van der Waals surface area contributed by atoms with Gasteiger partial charge in [-0.1, -0.05) is 0 Å². The second-order valence-corrected chi connectivity index (χ2v) is 1.07. The minimum absolute atomic E-state index is 0.380. The van der Waals surface area contributed by atoms with E-state index in [-0.39, 0.29) is 6.67 Å². The van der Waals surface area contributed by atoms with Gasteiger partial charge in [-0.3, -0.25) is 9.18 Å². The standard InChI is InChI=1S/C4H7FNO/c5-2-1-3-6-4-7/h1-3H2,(H,6,7). The Morgan fingerprint density at radius 1 is 1.71 bits per heavy atom. The fraction of sp³-hybridized carbons (Fsp3) is 0.750. The highest BCUT2D eigenvalue weighted by molar-refractivity contribution is 5.46. The first-order chi connectivity index (χ1) is 3.41. The van der Waals surface area contributed by atoms with Gasteiger partial charge in [-0.2, -0.15) is 0 Å². The van der Waals surface area contributed by atoms with Crippen LogP contribution in [0.1, 0.15) is 6.42 Å². The lowest BCUT2D eigenvalue weighted by molar-refractivity contribution is 0.467. The SMILES string of the molecule is O=[C]NCCCF. The van der Waals surface area contributed by atoms with Crippen molar-refractivity contribution in [2.45, 2.75) is 6.42 Å². The van der Waals surface area contributed by atoms with Gasteiger partial charge in [-0.05, 0) is 6.42 Å². The van der Waals surface area contributed by atoms with E-state index < -0.39 is 0 Å². The maximum atomic E-state index is 11.1. The molecule has 0 fully saturated rings. The van der Waals surface area contributed by atoms with Gasteiger partial charge in [0, 0.05) is 6.54 Å². The van der Waals surface area contributed by atoms with Crippen molar-refractivity contribution in [2.75, 3.05) is 13.2 Å². The van der Waals surface area contributed by atoms with Crippen molar-refractivity contribution in [2.24, 2.45) is 0 Å². The fourth-order valence-electron chi connectivity index (χ4n) is 0.206. The molecule has 0 bridgehead atoms. The Morgan fingerprint density at radius 3 is 2.86 bits per heavy atom. The zero-order chi connectivity index (χ0) is 5.54. The molecule has 1 amide bonds. The van der Waals surface area contributed by atoms with Crippen LogP contribution in [0.4, 0.5) is 4.39 Å². The van der Waals surface area contributed by atoms with Gasteiger partial charge in [-0.25, -0.2) is 0 Å². The second kappa shape index (κ2) is 5.40. The number of alkyl halides is 1. The first-order valence-electron chi connectivity index (χ1n) is 2.07. The zero-order valence-electron chi connectivity index (χ0n) is 3.91. The summed E-state index contributed by atoms with van der Waals surface area (Å²) in [5.74, 6) is 0. The number of amides is 1. The lowest BCUT2D eigenvalue weighted by Gasteiger charge is -1.87. The molecule has 0 aromatic carbocycles. The summed E-state index contributed by atoms with van der Waals surface area (Å²) in [6, 6.07) is 0. The van der Waals surface area contributed by atoms with Crippen molar-refractivity contribution in [1.82, 2.24) is 5.32 Å². The quantitative estimate of drug-likeness (QED) is 0.395. The van der Waals surface area contributed by atoms with Gasteiger partial charge in [0.25, 0.3) is 0 Å². The minimum Gasteiger partial charge on any atom is -0.348 e. The predicted molar refractivity (Wildman–Crippen MR) is 24.3 cm³/mol.